The van der Waals surface area contributed by atoms with Gasteiger partial charge in [-0.3, -0.25) is 9.59 Å². The number of aromatic nitrogens is 3. The molecule has 1 amide bonds. The maximum absolute atomic E-state index is 13.2. The number of benzene rings is 1. The molecule has 0 bridgehead atoms. The summed E-state index contributed by atoms with van der Waals surface area (Å²) in [6.45, 7) is 2.67. The Kier molecular flexibility index (Phi) is 4.30. The smallest absolute Gasteiger partial charge is 0.275 e. The van der Waals surface area contributed by atoms with Crippen molar-refractivity contribution < 1.29 is 4.79 Å². The molecule has 0 unspecified atom stereocenters. The molecule has 0 N–H and O–H groups in total. The van der Waals surface area contributed by atoms with E-state index in [2.05, 4.69) is 22.1 Å². The molecule has 3 aromatic rings. The van der Waals surface area contributed by atoms with Crippen molar-refractivity contribution in [3.63, 3.8) is 0 Å². The van der Waals surface area contributed by atoms with Gasteiger partial charge < -0.3 is 9.80 Å². The standard InChI is InChI=1S/C22H23N5O2/c1-25-21(28)17-6-3-2-5-16(17)20(24-25)22(29)27-13-11-26(12-14-27)19-8-4-7-18(23-19)15-9-10-15/h2-8,15H,9-14H2,1H3. The van der Waals surface area contributed by atoms with Crippen LogP contribution >= 0.6 is 0 Å². The molecule has 1 saturated heterocycles. The minimum absolute atomic E-state index is 0.129. The fraction of sp³-hybridized carbons (Fsp3) is 0.364. The van der Waals surface area contributed by atoms with Crippen LogP contribution in [0.1, 0.15) is 34.9 Å². The molecule has 148 valence electrons. The number of amides is 1. The first-order valence-electron chi connectivity index (χ1n) is 10.1. The second-order valence-corrected chi connectivity index (χ2v) is 7.80. The summed E-state index contributed by atoms with van der Waals surface area (Å²) in [5, 5.41) is 5.41. The zero-order valence-electron chi connectivity index (χ0n) is 16.4. The minimum atomic E-state index is -0.191. The second kappa shape index (κ2) is 6.99. The minimum Gasteiger partial charge on any atom is -0.353 e. The lowest BCUT2D eigenvalue weighted by molar-refractivity contribution is 0.0740. The van der Waals surface area contributed by atoms with Crippen molar-refractivity contribution in [3.05, 3.63) is 64.2 Å². The maximum Gasteiger partial charge on any atom is 0.275 e. The van der Waals surface area contributed by atoms with Crippen molar-refractivity contribution >= 4 is 22.5 Å². The highest BCUT2D eigenvalue weighted by Gasteiger charge is 2.28. The molecular formula is C22H23N5O2. The molecule has 7 heteroatoms. The van der Waals surface area contributed by atoms with Gasteiger partial charge in [0, 0.05) is 50.2 Å². The molecule has 2 aromatic heterocycles. The summed E-state index contributed by atoms with van der Waals surface area (Å²) >= 11 is 0. The van der Waals surface area contributed by atoms with Gasteiger partial charge in [-0.1, -0.05) is 24.3 Å². The number of piperazine rings is 1. The first-order chi connectivity index (χ1) is 14.1. The summed E-state index contributed by atoms with van der Waals surface area (Å²) in [6, 6.07) is 13.4. The predicted octanol–water partition coefficient (Wildman–Crippen LogP) is 2.17. The average molecular weight is 389 g/mol. The van der Waals surface area contributed by atoms with Crippen molar-refractivity contribution in [1.82, 2.24) is 19.7 Å². The zero-order chi connectivity index (χ0) is 20.0. The van der Waals surface area contributed by atoms with Crippen LogP contribution in [0.2, 0.25) is 0 Å². The molecule has 5 rings (SSSR count). The number of carbonyl (C=O) groups excluding carboxylic acids is 1. The van der Waals surface area contributed by atoms with Crippen LogP contribution in [0.5, 0.6) is 0 Å². The topological polar surface area (TPSA) is 71.3 Å². The maximum atomic E-state index is 13.2. The third-order valence-electron chi connectivity index (χ3n) is 5.80. The van der Waals surface area contributed by atoms with Gasteiger partial charge in [0.25, 0.3) is 11.5 Å². The van der Waals surface area contributed by atoms with E-state index in [1.54, 1.807) is 25.2 Å². The van der Waals surface area contributed by atoms with E-state index in [1.165, 1.54) is 23.2 Å². The molecule has 2 aliphatic rings. The monoisotopic (exact) mass is 389 g/mol. The number of nitrogens with zero attached hydrogens (tertiary/aromatic N) is 5. The number of aryl methyl sites for hydroxylation is 1. The lowest BCUT2D eigenvalue weighted by Crippen LogP contribution is -2.49. The Hall–Kier alpha value is -3.22. The van der Waals surface area contributed by atoms with E-state index in [0.717, 1.165) is 18.9 Å². The Morgan fingerprint density at radius 3 is 2.41 bits per heavy atom. The number of rotatable bonds is 3. The van der Waals surface area contributed by atoms with E-state index in [0.29, 0.717) is 35.5 Å². The summed E-state index contributed by atoms with van der Waals surface area (Å²) in [6.07, 6.45) is 2.47. The lowest BCUT2D eigenvalue weighted by atomic mass is 10.1. The Bertz CT molecular complexity index is 1140. The van der Waals surface area contributed by atoms with E-state index < -0.39 is 0 Å². The number of pyridine rings is 1. The first kappa shape index (κ1) is 17.8. The quantitative estimate of drug-likeness (QED) is 0.687. The van der Waals surface area contributed by atoms with Crippen LogP contribution in [0.4, 0.5) is 5.82 Å². The summed E-state index contributed by atoms with van der Waals surface area (Å²) in [4.78, 5) is 34.4. The van der Waals surface area contributed by atoms with Gasteiger partial charge in [0.2, 0.25) is 0 Å². The average Bonchev–Trinajstić information content (AvgIpc) is 3.62. The van der Waals surface area contributed by atoms with Gasteiger partial charge in [-0.05, 0) is 31.0 Å². The molecule has 2 fully saturated rings. The number of hydrogen-bond donors (Lipinski definition) is 0. The van der Waals surface area contributed by atoms with E-state index >= 15 is 0 Å². The van der Waals surface area contributed by atoms with Crippen LogP contribution in [0, 0.1) is 0 Å². The highest BCUT2D eigenvalue weighted by atomic mass is 16.2. The molecule has 1 aliphatic heterocycles. The number of hydrogen-bond acceptors (Lipinski definition) is 5. The van der Waals surface area contributed by atoms with Gasteiger partial charge in [-0.2, -0.15) is 5.10 Å². The summed E-state index contributed by atoms with van der Waals surface area (Å²) in [5.74, 6) is 1.49. The molecule has 29 heavy (non-hydrogen) atoms. The van der Waals surface area contributed by atoms with Crippen molar-refractivity contribution in [2.45, 2.75) is 18.8 Å². The normalized spacial score (nSPS) is 17.0. The molecule has 1 saturated carbocycles. The molecule has 0 atom stereocenters. The van der Waals surface area contributed by atoms with Crippen molar-refractivity contribution in [2.24, 2.45) is 7.05 Å². The van der Waals surface area contributed by atoms with E-state index in [9.17, 15) is 9.59 Å². The summed E-state index contributed by atoms with van der Waals surface area (Å²) in [7, 11) is 1.59. The molecule has 1 aromatic carbocycles. The molecule has 0 spiro atoms. The predicted molar refractivity (Wildman–Crippen MR) is 111 cm³/mol. The van der Waals surface area contributed by atoms with Crippen molar-refractivity contribution in [3.8, 4) is 0 Å². The Morgan fingerprint density at radius 1 is 0.966 bits per heavy atom. The summed E-state index contributed by atoms with van der Waals surface area (Å²) < 4.78 is 1.25. The molecule has 3 heterocycles. The van der Waals surface area contributed by atoms with E-state index in [1.807, 2.05) is 17.0 Å². The van der Waals surface area contributed by atoms with Crippen molar-refractivity contribution in [2.75, 3.05) is 31.1 Å². The SMILES string of the molecule is Cn1nc(C(=O)N2CCN(c3cccc(C4CC4)n3)CC2)c2ccccc2c1=O. The van der Waals surface area contributed by atoms with Crippen LogP contribution in [-0.2, 0) is 7.05 Å². The van der Waals surface area contributed by atoms with Gasteiger partial charge in [0.15, 0.2) is 5.69 Å². The van der Waals surface area contributed by atoms with E-state index in [4.69, 9.17) is 4.98 Å². The van der Waals surface area contributed by atoms with E-state index in [-0.39, 0.29) is 11.5 Å². The molecule has 7 nitrogen and oxygen atoms in total. The fourth-order valence-electron chi connectivity index (χ4n) is 3.97. The number of fused-ring (bicyclic) bond motifs is 1. The Morgan fingerprint density at radius 2 is 1.69 bits per heavy atom. The van der Waals surface area contributed by atoms with Crippen molar-refractivity contribution in [1.29, 1.82) is 0 Å². The largest absolute Gasteiger partial charge is 0.353 e. The molecular weight excluding hydrogens is 366 g/mol. The van der Waals surface area contributed by atoms with Crippen LogP contribution in [0.25, 0.3) is 10.8 Å². The third-order valence-corrected chi connectivity index (χ3v) is 5.80. The fourth-order valence-corrected chi connectivity index (χ4v) is 3.97. The zero-order valence-corrected chi connectivity index (χ0v) is 16.4. The Labute approximate surface area is 168 Å². The highest BCUT2D eigenvalue weighted by Crippen LogP contribution is 2.39. The van der Waals surface area contributed by atoms with Gasteiger partial charge in [-0.25, -0.2) is 9.67 Å². The third kappa shape index (κ3) is 3.26. The van der Waals surface area contributed by atoms with Crippen LogP contribution < -0.4 is 10.5 Å². The second-order valence-electron chi connectivity index (χ2n) is 7.80. The van der Waals surface area contributed by atoms with Gasteiger partial charge in [0.1, 0.15) is 5.82 Å². The van der Waals surface area contributed by atoms with Crippen LogP contribution in [-0.4, -0.2) is 51.8 Å². The molecule has 0 radical (unpaired) electrons. The number of anilines is 1. The number of carbonyl (C=O) groups is 1. The highest BCUT2D eigenvalue weighted by molar-refractivity contribution is 6.04. The van der Waals surface area contributed by atoms with Crippen LogP contribution in [0.3, 0.4) is 0 Å². The molecule has 1 aliphatic carbocycles. The lowest BCUT2D eigenvalue weighted by Gasteiger charge is -2.35. The van der Waals surface area contributed by atoms with Gasteiger partial charge in [0.05, 0.1) is 5.39 Å². The van der Waals surface area contributed by atoms with Gasteiger partial charge in [-0.15, -0.1) is 0 Å². The van der Waals surface area contributed by atoms with Crippen LogP contribution in [0.15, 0.2) is 47.3 Å². The summed E-state index contributed by atoms with van der Waals surface area (Å²) in [5.41, 5.74) is 1.33. The first-order valence-corrected chi connectivity index (χ1v) is 10.1. The van der Waals surface area contributed by atoms with Gasteiger partial charge >= 0.3 is 0 Å². The Balaban J connectivity index is 1.36.